The number of halogens is 1. The van der Waals surface area contributed by atoms with Gasteiger partial charge in [0.25, 0.3) is 11.6 Å². The van der Waals surface area contributed by atoms with E-state index < -0.39 is 16.9 Å². The molecular formula is C24H22ClN3O6. The van der Waals surface area contributed by atoms with Crippen LogP contribution in [0.3, 0.4) is 0 Å². The summed E-state index contributed by atoms with van der Waals surface area (Å²) in [4.78, 5) is 22.4. The molecule has 0 saturated carbocycles. The molecule has 3 aromatic rings. The van der Waals surface area contributed by atoms with Crippen LogP contribution < -0.4 is 19.6 Å². The first-order chi connectivity index (χ1) is 16.4. The highest BCUT2D eigenvalue weighted by Gasteiger charge is 2.15. The quantitative estimate of drug-likeness (QED) is 0.253. The Hall–Kier alpha value is -4.11. The van der Waals surface area contributed by atoms with Gasteiger partial charge >= 0.3 is 0 Å². The lowest BCUT2D eigenvalue weighted by molar-refractivity contribution is -0.384. The monoisotopic (exact) mass is 483 g/mol. The first kappa shape index (κ1) is 24.5. The molecule has 0 aromatic heterocycles. The maximum Gasteiger partial charge on any atom is 0.280 e. The fraction of sp³-hybridized carbons (Fsp3) is 0.167. The number of benzene rings is 3. The maximum atomic E-state index is 12.2. The van der Waals surface area contributed by atoms with E-state index in [2.05, 4.69) is 10.5 Å². The van der Waals surface area contributed by atoms with Crippen molar-refractivity contribution in [3.8, 4) is 17.2 Å². The van der Waals surface area contributed by atoms with Gasteiger partial charge < -0.3 is 14.2 Å². The second-order valence-corrected chi connectivity index (χ2v) is 7.51. The number of rotatable bonds is 10. The molecule has 176 valence electrons. The van der Waals surface area contributed by atoms with E-state index in [9.17, 15) is 14.9 Å². The van der Waals surface area contributed by atoms with Crippen molar-refractivity contribution >= 4 is 29.4 Å². The molecule has 1 unspecified atom stereocenters. The van der Waals surface area contributed by atoms with Crippen LogP contribution >= 0.6 is 11.6 Å². The second kappa shape index (κ2) is 11.7. The number of carbonyl (C=O) groups excluding carboxylic acids is 1. The molecule has 0 heterocycles. The van der Waals surface area contributed by atoms with Crippen molar-refractivity contribution in [2.75, 3.05) is 7.11 Å². The number of nitrogens with one attached hydrogen (secondary N) is 1. The number of methoxy groups -OCH3 is 1. The summed E-state index contributed by atoms with van der Waals surface area (Å²) in [6.45, 7) is 1.89. The average molecular weight is 484 g/mol. The molecule has 0 fully saturated rings. The molecular weight excluding hydrogens is 462 g/mol. The molecule has 0 aliphatic rings. The average Bonchev–Trinajstić information content (AvgIpc) is 2.84. The standard InChI is InChI=1S/C24H22ClN3O6/c1-16(34-21-10-8-20(9-11-21)28(30)31)24(29)27-26-14-18-5-12-22(23(13-18)32-2)33-15-17-3-6-19(25)7-4-17/h3-14,16H,15H2,1-2H3,(H,27,29)/b26-14+. The lowest BCUT2D eigenvalue weighted by Gasteiger charge is -2.13. The van der Waals surface area contributed by atoms with Gasteiger partial charge in [-0.15, -0.1) is 0 Å². The smallest absolute Gasteiger partial charge is 0.280 e. The van der Waals surface area contributed by atoms with Crippen molar-refractivity contribution in [2.24, 2.45) is 5.10 Å². The van der Waals surface area contributed by atoms with Crippen LogP contribution in [0.1, 0.15) is 18.1 Å². The normalized spacial score (nSPS) is 11.6. The van der Waals surface area contributed by atoms with Crippen LogP contribution in [0.5, 0.6) is 17.2 Å². The zero-order valence-corrected chi connectivity index (χ0v) is 19.2. The Kier molecular flexibility index (Phi) is 8.42. The van der Waals surface area contributed by atoms with Crippen LogP contribution in [0.2, 0.25) is 5.02 Å². The maximum absolute atomic E-state index is 12.2. The minimum atomic E-state index is -0.864. The summed E-state index contributed by atoms with van der Waals surface area (Å²) in [5, 5.41) is 15.3. The fourth-order valence-corrected chi connectivity index (χ4v) is 2.92. The van der Waals surface area contributed by atoms with Crippen molar-refractivity contribution in [1.82, 2.24) is 5.43 Å². The van der Waals surface area contributed by atoms with Gasteiger partial charge in [0.2, 0.25) is 0 Å². The Labute approximate surface area is 201 Å². The van der Waals surface area contributed by atoms with Crippen molar-refractivity contribution in [3.05, 3.63) is 93.0 Å². The minimum Gasteiger partial charge on any atom is -0.493 e. The Bertz CT molecular complexity index is 1170. The summed E-state index contributed by atoms with van der Waals surface area (Å²) in [5.41, 5.74) is 3.98. The number of amides is 1. The first-order valence-corrected chi connectivity index (χ1v) is 10.5. The van der Waals surface area contributed by atoms with Crippen LogP contribution in [0.4, 0.5) is 5.69 Å². The summed E-state index contributed by atoms with van der Waals surface area (Å²) in [6, 6.07) is 18.0. The van der Waals surface area contributed by atoms with Crippen molar-refractivity contribution in [2.45, 2.75) is 19.6 Å². The molecule has 0 saturated heterocycles. The number of hydrazone groups is 1. The highest BCUT2D eigenvalue weighted by atomic mass is 35.5. The summed E-state index contributed by atoms with van der Waals surface area (Å²) in [7, 11) is 1.53. The van der Waals surface area contributed by atoms with Gasteiger partial charge in [-0.25, -0.2) is 5.43 Å². The zero-order valence-electron chi connectivity index (χ0n) is 18.4. The van der Waals surface area contributed by atoms with Gasteiger partial charge in [-0.05, 0) is 60.5 Å². The molecule has 0 aliphatic carbocycles. The molecule has 0 aliphatic heterocycles. The fourth-order valence-electron chi connectivity index (χ4n) is 2.79. The van der Waals surface area contributed by atoms with Crippen LogP contribution in [0, 0.1) is 10.1 Å². The number of hydrogen-bond acceptors (Lipinski definition) is 7. The van der Waals surface area contributed by atoms with Gasteiger partial charge in [0.05, 0.1) is 18.2 Å². The molecule has 3 rings (SSSR count). The molecule has 34 heavy (non-hydrogen) atoms. The Morgan fingerprint density at radius 2 is 1.82 bits per heavy atom. The molecule has 1 atom stereocenters. The van der Waals surface area contributed by atoms with Gasteiger partial charge in [0, 0.05) is 17.2 Å². The van der Waals surface area contributed by atoms with Gasteiger partial charge in [0.15, 0.2) is 17.6 Å². The van der Waals surface area contributed by atoms with Crippen molar-refractivity contribution < 1.29 is 23.9 Å². The summed E-state index contributed by atoms with van der Waals surface area (Å²) in [6.07, 6.45) is 0.596. The van der Waals surface area contributed by atoms with E-state index in [1.807, 2.05) is 12.1 Å². The van der Waals surface area contributed by atoms with Gasteiger partial charge in [0.1, 0.15) is 12.4 Å². The zero-order chi connectivity index (χ0) is 24.5. The third kappa shape index (κ3) is 6.94. The Balaban J connectivity index is 1.54. The molecule has 3 aromatic carbocycles. The molecule has 0 radical (unpaired) electrons. The third-order valence-electron chi connectivity index (χ3n) is 4.61. The summed E-state index contributed by atoms with van der Waals surface area (Å²) in [5.74, 6) is 0.920. The first-order valence-electron chi connectivity index (χ1n) is 10.1. The van der Waals surface area contributed by atoms with E-state index in [0.29, 0.717) is 34.4 Å². The predicted molar refractivity (Wildman–Crippen MR) is 128 cm³/mol. The van der Waals surface area contributed by atoms with E-state index in [4.69, 9.17) is 25.8 Å². The summed E-state index contributed by atoms with van der Waals surface area (Å²) >= 11 is 5.90. The van der Waals surface area contributed by atoms with Crippen molar-refractivity contribution in [3.63, 3.8) is 0 Å². The number of nitro benzene ring substituents is 1. The molecule has 1 amide bonds. The molecule has 1 N–H and O–H groups in total. The highest BCUT2D eigenvalue weighted by Crippen LogP contribution is 2.28. The SMILES string of the molecule is COc1cc(/C=N/NC(=O)C(C)Oc2ccc([N+](=O)[O-])cc2)ccc1OCc1ccc(Cl)cc1. The van der Waals surface area contributed by atoms with Crippen LogP contribution in [-0.2, 0) is 11.4 Å². The molecule has 0 bridgehead atoms. The Morgan fingerprint density at radius 3 is 2.47 bits per heavy atom. The highest BCUT2D eigenvalue weighted by molar-refractivity contribution is 6.30. The largest absolute Gasteiger partial charge is 0.493 e. The minimum absolute atomic E-state index is 0.0640. The lowest BCUT2D eigenvalue weighted by Crippen LogP contribution is -2.33. The van der Waals surface area contributed by atoms with E-state index in [-0.39, 0.29) is 5.69 Å². The Morgan fingerprint density at radius 1 is 1.12 bits per heavy atom. The van der Waals surface area contributed by atoms with Crippen LogP contribution in [0.15, 0.2) is 71.8 Å². The number of nitrogens with zero attached hydrogens (tertiary/aromatic N) is 2. The third-order valence-corrected chi connectivity index (χ3v) is 4.87. The number of carbonyl (C=O) groups is 1. The number of nitro groups is 1. The van der Waals surface area contributed by atoms with Crippen molar-refractivity contribution in [1.29, 1.82) is 0 Å². The van der Waals surface area contributed by atoms with Gasteiger partial charge in [-0.2, -0.15) is 5.10 Å². The number of non-ortho nitro benzene ring substituents is 1. The van der Waals surface area contributed by atoms with Gasteiger partial charge in [-0.1, -0.05) is 23.7 Å². The second-order valence-electron chi connectivity index (χ2n) is 7.07. The van der Waals surface area contributed by atoms with Gasteiger partial charge in [-0.3, -0.25) is 14.9 Å². The van der Waals surface area contributed by atoms with Crippen LogP contribution in [-0.4, -0.2) is 30.3 Å². The lowest BCUT2D eigenvalue weighted by atomic mass is 10.2. The van der Waals surface area contributed by atoms with E-state index in [1.165, 1.54) is 37.6 Å². The van der Waals surface area contributed by atoms with Crippen LogP contribution in [0.25, 0.3) is 0 Å². The van der Waals surface area contributed by atoms with E-state index >= 15 is 0 Å². The van der Waals surface area contributed by atoms with E-state index in [1.54, 1.807) is 37.3 Å². The summed E-state index contributed by atoms with van der Waals surface area (Å²) < 4.78 is 16.7. The number of hydrogen-bond donors (Lipinski definition) is 1. The molecule has 0 spiro atoms. The molecule has 9 nitrogen and oxygen atoms in total. The number of ether oxygens (including phenoxy) is 3. The topological polar surface area (TPSA) is 112 Å². The van der Waals surface area contributed by atoms with E-state index in [0.717, 1.165) is 5.56 Å². The predicted octanol–water partition coefficient (Wildman–Crippen LogP) is 4.75. The molecule has 10 heteroatoms.